The molecule has 180 valence electrons. The molecule has 0 bridgehead atoms. The van der Waals surface area contributed by atoms with Gasteiger partial charge in [-0.05, 0) is 74.5 Å². The Morgan fingerprint density at radius 1 is 0.971 bits per heavy atom. The van der Waals surface area contributed by atoms with Crippen LogP contribution in [0.2, 0.25) is 0 Å². The maximum atomic E-state index is 11.4. The highest BCUT2D eigenvalue weighted by Gasteiger charge is 2.19. The van der Waals surface area contributed by atoms with Gasteiger partial charge >= 0.3 is 6.03 Å². The molecule has 1 aromatic heterocycles. The summed E-state index contributed by atoms with van der Waals surface area (Å²) in [5.41, 5.74) is 9.20. The maximum Gasteiger partial charge on any atom is 0.317 e. The number of urea groups is 1. The van der Waals surface area contributed by atoms with Crippen LogP contribution in [0.3, 0.4) is 0 Å². The van der Waals surface area contributed by atoms with Gasteiger partial charge in [-0.25, -0.2) is 4.79 Å². The molecule has 1 fully saturated rings. The smallest absolute Gasteiger partial charge is 0.317 e. The Morgan fingerprint density at radius 2 is 1.79 bits per heavy atom. The van der Waals surface area contributed by atoms with Crippen LogP contribution in [0.25, 0.3) is 10.9 Å². The van der Waals surface area contributed by atoms with Crippen molar-refractivity contribution in [1.82, 2.24) is 9.47 Å². The molecule has 2 aliphatic heterocycles. The summed E-state index contributed by atoms with van der Waals surface area (Å²) >= 11 is 0. The van der Waals surface area contributed by atoms with E-state index in [1.54, 1.807) is 0 Å². The standard InChI is InChI=1S/C27H35N5O2/c28-27(33)29-26-20-21-7-1-2-9-24(21)32(26)13-5-4-12-30-14-16-31(17-15-30)23-10-11-25-22(19-23)8-3-6-18-34-25/h1-2,7,9-11,19-20H,3-6,8,12-18H2,(H3,28,29,33). The molecule has 7 nitrogen and oxygen atoms in total. The summed E-state index contributed by atoms with van der Waals surface area (Å²) in [6.07, 6.45) is 5.65. The molecule has 0 saturated carbocycles. The summed E-state index contributed by atoms with van der Waals surface area (Å²) in [6, 6.07) is 16.4. The van der Waals surface area contributed by atoms with Crippen molar-refractivity contribution >= 4 is 28.4 Å². The molecule has 0 atom stereocenters. The molecular formula is C27H35N5O2. The van der Waals surface area contributed by atoms with E-state index in [4.69, 9.17) is 10.5 Å². The van der Waals surface area contributed by atoms with Crippen LogP contribution in [-0.2, 0) is 13.0 Å². The average Bonchev–Trinajstić information content (AvgIpc) is 3.01. The number of anilines is 2. The van der Waals surface area contributed by atoms with Crippen molar-refractivity contribution in [2.24, 2.45) is 5.73 Å². The molecule has 0 aliphatic carbocycles. The number of aromatic nitrogens is 1. The average molecular weight is 462 g/mol. The minimum Gasteiger partial charge on any atom is -0.493 e. The van der Waals surface area contributed by atoms with Crippen LogP contribution in [0.15, 0.2) is 48.5 Å². The van der Waals surface area contributed by atoms with Gasteiger partial charge in [0.05, 0.1) is 6.61 Å². The third-order valence-corrected chi connectivity index (χ3v) is 7.05. The normalized spacial score (nSPS) is 16.6. The number of benzene rings is 2. The number of primary amides is 1. The topological polar surface area (TPSA) is 75.8 Å². The number of nitrogens with two attached hydrogens (primary N) is 1. The lowest BCUT2D eigenvalue weighted by Gasteiger charge is -2.36. The third kappa shape index (κ3) is 5.14. The number of ether oxygens (including phenoxy) is 1. The highest BCUT2D eigenvalue weighted by Crippen LogP contribution is 2.29. The number of hydrogen-bond donors (Lipinski definition) is 2. The lowest BCUT2D eigenvalue weighted by atomic mass is 10.1. The lowest BCUT2D eigenvalue weighted by Crippen LogP contribution is -2.46. The van der Waals surface area contributed by atoms with Gasteiger partial charge in [-0.3, -0.25) is 10.2 Å². The molecule has 7 heteroatoms. The van der Waals surface area contributed by atoms with Gasteiger partial charge in [0.15, 0.2) is 0 Å². The van der Waals surface area contributed by atoms with E-state index in [2.05, 4.69) is 50.0 Å². The van der Waals surface area contributed by atoms with Gasteiger partial charge in [-0.1, -0.05) is 18.2 Å². The fourth-order valence-corrected chi connectivity index (χ4v) is 5.21. The van der Waals surface area contributed by atoms with Crippen molar-refractivity contribution in [3.63, 3.8) is 0 Å². The van der Waals surface area contributed by atoms with Crippen LogP contribution >= 0.6 is 0 Å². The van der Waals surface area contributed by atoms with Gasteiger partial charge in [0, 0.05) is 49.3 Å². The number of aryl methyl sites for hydroxylation is 2. The largest absolute Gasteiger partial charge is 0.493 e. The summed E-state index contributed by atoms with van der Waals surface area (Å²) in [6.45, 7) is 7.12. The molecule has 34 heavy (non-hydrogen) atoms. The number of nitrogens with one attached hydrogen (secondary N) is 1. The Labute approximate surface area is 201 Å². The zero-order valence-electron chi connectivity index (χ0n) is 19.8. The Balaban J connectivity index is 1.11. The number of hydrogen-bond acceptors (Lipinski definition) is 4. The van der Waals surface area contributed by atoms with E-state index in [0.717, 1.165) is 94.0 Å². The quantitative estimate of drug-likeness (QED) is 0.510. The van der Waals surface area contributed by atoms with Crippen molar-refractivity contribution in [2.45, 2.75) is 38.6 Å². The van der Waals surface area contributed by atoms with Gasteiger partial charge in [-0.2, -0.15) is 0 Å². The highest BCUT2D eigenvalue weighted by atomic mass is 16.5. The van der Waals surface area contributed by atoms with E-state index in [-0.39, 0.29) is 0 Å². The van der Waals surface area contributed by atoms with Crippen molar-refractivity contribution in [1.29, 1.82) is 0 Å². The van der Waals surface area contributed by atoms with Gasteiger partial charge in [-0.15, -0.1) is 0 Å². The van der Waals surface area contributed by atoms with E-state index in [0.29, 0.717) is 0 Å². The molecular weight excluding hydrogens is 426 g/mol. The summed E-state index contributed by atoms with van der Waals surface area (Å²) in [5.74, 6) is 1.85. The Hall–Kier alpha value is -3.19. The zero-order valence-corrected chi connectivity index (χ0v) is 19.8. The molecule has 2 aromatic carbocycles. The maximum absolute atomic E-state index is 11.4. The summed E-state index contributed by atoms with van der Waals surface area (Å²) in [4.78, 5) is 16.5. The first-order valence-corrected chi connectivity index (χ1v) is 12.6. The van der Waals surface area contributed by atoms with E-state index in [1.807, 2.05) is 18.2 Å². The van der Waals surface area contributed by atoms with Crippen LogP contribution in [0.5, 0.6) is 5.75 Å². The predicted molar refractivity (Wildman–Crippen MR) is 138 cm³/mol. The Morgan fingerprint density at radius 3 is 2.65 bits per heavy atom. The van der Waals surface area contributed by atoms with Crippen LogP contribution in [0.4, 0.5) is 16.3 Å². The number of carbonyl (C=O) groups excluding carboxylic acids is 1. The van der Waals surface area contributed by atoms with Crippen LogP contribution in [-0.4, -0.2) is 54.8 Å². The highest BCUT2D eigenvalue weighted by molar-refractivity contribution is 5.92. The molecule has 0 unspecified atom stereocenters. The summed E-state index contributed by atoms with van der Waals surface area (Å²) < 4.78 is 8.05. The van der Waals surface area contributed by atoms with Gasteiger partial charge in [0.1, 0.15) is 11.6 Å². The molecule has 1 saturated heterocycles. The van der Waals surface area contributed by atoms with Crippen LogP contribution < -0.4 is 20.7 Å². The molecule has 3 N–H and O–H groups in total. The van der Waals surface area contributed by atoms with Gasteiger partial charge < -0.3 is 19.9 Å². The van der Waals surface area contributed by atoms with Crippen molar-refractivity contribution in [3.05, 3.63) is 54.1 Å². The number of carbonyl (C=O) groups is 1. The number of unbranched alkanes of at least 4 members (excludes halogenated alkanes) is 1. The zero-order chi connectivity index (χ0) is 23.3. The van der Waals surface area contributed by atoms with Gasteiger partial charge in [0.2, 0.25) is 0 Å². The van der Waals surface area contributed by atoms with E-state index >= 15 is 0 Å². The van der Waals surface area contributed by atoms with E-state index < -0.39 is 6.03 Å². The third-order valence-electron chi connectivity index (χ3n) is 7.05. The fraction of sp³-hybridized carbons (Fsp3) is 0.444. The molecule has 2 aliphatic rings. The summed E-state index contributed by atoms with van der Waals surface area (Å²) in [7, 11) is 0. The van der Waals surface area contributed by atoms with Crippen LogP contribution in [0, 0.1) is 0 Å². The number of rotatable bonds is 7. The molecule has 3 aromatic rings. The minimum absolute atomic E-state index is 0.524. The summed E-state index contributed by atoms with van der Waals surface area (Å²) in [5, 5.41) is 3.89. The van der Waals surface area contributed by atoms with E-state index in [1.165, 1.54) is 17.7 Å². The first-order valence-electron chi connectivity index (χ1n) is 12.6. The minimum atomic E-state index is -0.524. The molecule has 2 amide bonds. The number of para-hydroxylation sites is 1. The first kappa shape index (κ1) is 22.6. The number of fused-ring (bicyclic) bond motifs is 2. The number of piperazine rings is 1. The molecule has 0 spiro atoms. The Bertz CT molecular complexity index is 1130. The second kappa shape index (κ2) is 10.4. The molecule has 0 radical (unpaired) electrons. The van der Waals surface area contributed by atoms with Crippen LogP contribution in [0.1, 0.15) is 31.2 Å². The van der Waals surface area contributed by atoms with Crippen molar-refractivity contribution in [2.75, 3.05) is 49.5 Å². The second-order valence-corrected chi connectivity index (χ2v) is 9.36. The van der Waals surface area contributed by atoms with Gasteiger partial charge in [0.25, 0.3) is 0 Å². The number of amides is 2. The van der Waals surface area contributed by atoms with Crippen molar-refractivity contribution < 1.29 is 9.53 Å². The SMILES string of the molecule is NC(=O)Nc1cc2ccccc2n1CCCCN1CCN(c2ccc3c(c2)CCCCO3)CC1. The molecule has 3 heterocycles. The van der Waals surface area contributed by atoms with Crippen molar-refractivity contribution in [3.8, 4) is 5.75 Å². The molecule has 5 rings (SSSR count). The number of nitrogens with zero attached hydrogens (tertiary/aromatic N) is 3. The monoisotopic (exact) mass is 461 g/mol. The predicted octanol–water partition coefficient (Wildman–Crippen LogP) is 4.45. The Kier molecular flexibility index (Phi) is 6.90. The van der Waals surface area contributed by atoms with E-state index in [9.17, 15) is 4.79 Å². The fourth-order valence-electron chi connectivity index (χ4n) is 5.21. The first-order chi connectivity index (χ1) is 16.7. The second-order valence-electron chi connectivity index (χ2n) is 9.36. The lowest BCUT2D eigenvalue weighted by molar-refractivity contribution is 0.251.